The molecule has 0 N–H and O–H groups in total. The maximum absolute atomic E-state index is 13.6. The van der Waals surface area contributed by atoms with Crippen molar-refractivity contribution >= 4 is 5.91 Å². The third-order valence-electron chi connectivity index (χ3n) is 4.59. The number of aryl methyl sites for hydroxylation is 1. The maximum atomic E-state index is 13.6. The molecule has 0 spiro atoms. The number of amides is 1. The predicted molar refractivity (Wildman–Crippen MR) is 96.4 cm³/mol. The van der Waals surface area contributed by atoms with Gasteiger partial charge < -0.3 is 9.64 Å². The Balaban J connectivity index is 1.62. The number of likely N-dealkylation sites (tertiary alicyclic amines) is 1. The van der Waals surface area contributed by atoms with Crippen molar-refractivity contribution in [2.24, 2.45) is 5.92 Å². The molecule has 1 heterocycles. The summed E-state index contributed by atoms with van der Waals surface area (Å²) in [6.07, 6.45) is 1.87. The molecule has 1 aliphatic rings. The zero-order valence-electron chi connectivity index (χ0n) is 14.7. The molecule has 0 aromatic heterocycles. The van der Waals surface area contributed by atoms with Crippen LogP contribution in [0.5, 0.6) is 5.75 Å². The first-order chi connectivity index (χ1) is 12.5. The Labute approximate surface area is 152 Å². The fraction of sp³-hybridized carbons (Fsp3) is 0.333. The summed E-state index contributed by atoms with van der Waals surface area (Å²) in [7, 11) is 0. The summed E-state index contributed by atoms with van der Waals surface area (Å²) in [5, 5.41) is 8.96. The molecule has 1 amide bonds. The summed E-state index contributed by atoms with van der Waals surface area (Å²) >= 11 is 0. The molecule has 2 aromatic carbocycles. The van der Waals surface area contributed by atoms with Crippen LogP contribution in [0.15, 0.2) is 42.5 Å². The minimum absolute atomic E-state index is 0.157. The van der Waals surface area contributed by atoms with Crippen LogP contribution in [0.1, 0.15) is 34.3 Å². The van der Waals surface area contributed by atoms with Crippen molar-refractivity contribution < 1.29 is 13.9 Å². The third-order valence-corrected chi connectivity index (χ3v) is 4.59. The summed E-state index contributed by atoms with van der Waals surface area (Å²) < 4.78 is 19.5. The number of rotatable bonds is 4. The summed E-state index contributed by atoms with van der Waals surface area (Å²) in [5.74, 6) is 0.255. The quantitative estimate of drug-likeness (QED) is 0.837. The van der Waals surface area contributed by atoms with E-state index in [1.807, 2.05) is 37.3 Å². The van der Waals surface area contributed by atoms with Gasteiger partial charge in [-0.15, -0.1) is 0 Å². The highest BCUT2D eigenvalue weighted by molar-refractivity contribution is 5.94. The van der Waals surface area contributed by atoms with Crippen LogP contribution in [0.25, 0.3) is 0 Å². The number of carbonyl (C=O) groups is 1. The standard InChI is InChI=1S/C21H21FN2O2/c1-15-4-6-20(7-5-15)26-14-16-3-2-8-24(13-16)21(25)18-9-17(12-23)10-19(22)11-18/h4-7,9-11,16H,2-3,8,13-14H2,1H3/t16-/m0/s1. The van der Waals surface area contributed by atoms with Gasteiger partial charge in [-0.25, -0.2) is 4.39 Å². The molecule has 134 valence electrons. The molecule has 4 nitrogen and oxygen atoms in total. The zero-order chi connectivity index (χ0) is 18.5. The molecule has 0 saturated carbocycles. The third kappa shape index (κ3) is 4.40. The van der Waals surface area contributed by atoms with Gasteiger partial charge in [0.15, 0.2) is 0 Å². The molecule has 26 heavy (non-hydrogen) atoms. The summed E-state index contributed by atoms with van der Waals surface area (Å²) in [6, 6.07) is 13.5. The Morgan fingerprint density at radius 1 is 1.31 bits per heavy atom. The van der Waals surface area contributed by atoms with E-state index in [0.29, 0.717) is 19.7 Å². The lowest BCUT2D eigenvalue weighted by molar-refractivity contribution is 0.0633. The van der Waals surface area contributed by atoms with Gasteiger partial charge in [0, 0.05) is 24.6 Å². The predicted octanol–water partition coefficient (Wildman–Crippen LogP) is 3.94. The van der Waals surface area contributed by atoms with Gasteiger partial charge in [0.05, 0.1) is 18.2 Å². The number of piperidine rings is 1. The van der Waals surface area contributed by atoms with Crippen LogP contribution in [-0.2, 0) is 0 Å². The molecule has 1 atom stereocenters. The average Bonchev–Trinajstić information content (AvgIpc) is 2.66. The van der Waals surface area contributed by atoms with Crippen LogP contribution >= 0.6 is 0 Å². The van der Waals surface area contributed by atoms with Crippen LogP contribution in [0, 0.1) is 30.0 Å². The molecular formula is C21H21FN2O2. The minimum Gasteiger partial charge on any atom is -0.493 e. The van der Waals surface area contributed by atoms with Crippen LogP contribution in [0.4, 0.5) is 4.39 Å². The molecule has 0 unspecified atom stereocenters. The van der Waals surface area contributed by atoms with Gasteiger partial charge in [-0.1, -0.05) is 17.7 Å². The lowest BCUT2D eigenvalue weighted by Gasteiger charge is -2.32. The molecule has 0 radical (unpaired) electrons. The van der Waals surface area contributed by atoms with E-state index in [9.17, 15) is 9.18 Å². The molecule has 0 bridgehead atoms. The molecular weight excluding hydrogens is 331 g/mol. The molecule has 1 aliphatic heterocycles. The second-order valence-electron chi connectivity index (χ2n) is 6.72. The first-order valence-electron chi connectivity index (χ1n) is 8.74. The summed E-state index contributed by atoms with van der Waals surface area (Å²) in [5.41, 5.74) is 1.56. The molecule has 5 heteroatoms. The van der Waals surface area contributed by atoms with E-state index in [1.54, 1.807) is 4.90 Å². The first kappa shape index (κ1) is 17.9. The largest absolute Gasteiger partial charge is 0.493 e. The van der Waals surface area contributed by atoms with Gasteiger partial charge in [-0.05, 0) is 50.1 Å². The van der Waals surface area contributed by atoms with Gasteiger partial charge >= 0.3 is 0 Å². The smallest absolute Gasteiger partial charge is 0.254 e. The van der Waals surface area contributed by atoms with Crippen LogP contribution < -0.4 is 4.74 Å². The summed E-state index contributed by atoms with van der Waals surface area (Å²) in [4.78, 5) is 14.4. The number of hydrogen-bond acceptors (Lipinski definition) is 3. The van der Waals surface area contributed by atoms with Gasteiger partial charge in [0.1, 0.15) is 11.6 Å². The van der Waals surface area contributed by atoms with Crippen molar-refractivity contribution in [3.05, 3.63) is 65.0 Å². The molecule has 3 rings (SSSR count). The Hall–Kier alpha value is -2.87. The van der Waals surface area contributed by atoms with Crippen LogP contribution in [0.3, 0.4) is 0 Å². The molecule has 1 fully saturated rings. The Morgan fingerprint density at radius 2 is 2.08 bits per heavy atom. The molecule has 1 saturated heterocycles. The van der Waals surface area contributed by atoms with E-state index in [1.165, 1.54) is 17.7 Å². The zero-order valence-corrected chi connectivity index (χ0v) is 14.7. The van der Waals surface area contributed by atoms with Crippen LogP contribution in [0.2, 0.25) is 0 Å². The van der Waals surface area contributed by atoms with E-state index in [4.69, 9.17) is 10.00 Å². The van der Waals surface area contributed by atoms with Crippen molar-refractivity contribution in [3.8, 4) is 11.8 Å². The van der Waals surface area contributed by atoms with E-state index >= 15 is 0 Å². The number of benzene rings is 2. The molecule has 0 aliphatic carbocycles. The van der Waals surface area contributed by atoms with Crippen molar-refractivity contribution in [1.29, 1.82) is 5.26 Å². The second-order valence-corrected chi connectivity index (χ2v) is 6.72. The normalized spacial score (nSPS) is 16.8. The van der Waals surface area contributed by atoms with Crippen molar-refractivity contribution in [3.63, 3.8) is 0 Å². The van der Waals surface area contributed by atoms with E-state index < -0.39 is 5.82 Å². The fourth-order valence-electron chi connectivity index (χ4n) is 3.19. The lowest BCUT2D eigenvalue weighted by atomic mass is 9.98. The van der Waals surface area contributed by atoms with Gasteiger partial charge in [0.25, 0.3) is 5.91 Å². The second kappa shape index (κ2) is 8.01. The topological polar surface area (TPSA) is 53.3 Å². The number of nitrogens with zero attached hydrogens (tertiary/aromatic N) is 2. The highest BCUT2D eigenvalue weighted by atomic mass is 19.1. The minimum atomic E-state index is -0.566. The maximum Gasteiger partial charge on any atom is 0.254 e. The van der Waals surface area contributed by atoms with E-state index in [0.717, 1.165) is 24.7 Å². The van der Waals surface area contributed by atoms with Crippen LogP contribution in [-0.4, -0.2) is 30.5 Å². The highest BCUT2D eigenvalue weighted by Gasteiger charge is 2.25. The van der Waals surface area contributed by atoms with E-state index in [2.05, 4.69) is 0 Å². The Bertz CT molecular complexity index is 827. The number of hydrogen-bond donors (Lipinski definition) is 0. The number of carbonyl (C=O) groups excluding carboxylic acids is 1. The number of nitriles is 1. The Morgan fingerprint density at radius 3 is 2.81 bits per heavy atom. The molecule has 2 aromatic rings. The summed E-state index contributed by atoms with van der Waals surface area (Å²) in [6.45, 7) is 3.78. The number of ether oxygens (including phenoxy) is 1. The van der Waals surface area contributed by atoms with Gasteiger partial charge in [-0.3, -0.25) is 4.79 Å². The number of halogens is 1. The fourth-order valence-corrected chi connectivity index (χ4v) is 3.19. The highest BCUT2D eigenvalue weighted by Crippen LogP contribution is 2.21. The van der Waals surface area contributed by atoms with Crippen molar-refractivity contribution in [2.45, 2.75) is 19.8 Å². The average molecular weight is 352 g/mol. The van der Waals surface area contributed by atoms with Crippen molar-refractivity contribution in [1.82, 2.24) is 4.90 Å². The SMILES string of the molecule is Cc1ccc(OC[C@H]2CCCN(C(=O)c3cc(F)cc(C#N)c3)C2)cc1. The Kier molecular flexibility index (Phi) is 5.52. The van der Waals surface area contributed by atoms with Gasteiger partial charge in [0.2, 0.25) is 0 Å². The lowest BCUT2D eigenvalue weighted by Crippen LogP contribution is -2.41. The van der Waals surface area contributed by atoms with Crippen molar-refractivity contribution in [2.75, 3.05) is 19.7 Å². The van der Waals surface area contributed by atoms with Gasteiger partial charge in [-0.2, -0.15) is 5.26 Å². The monoisotopic (exact) mass is 352 g/mol. The van der Waals surface area contributed by atoms with E-state index in [-0.39, 0.29) is 23.0 Å². The first-order valence-corrected chi connectivity index (χ1v) is 8.74.